The van der Waals surface area contributed by atoms with Gasteiger partial charge in [0, 0.05) is 37.1 Å². The highest BCUT2D eigenvalue weighted by Crippen LogP contribution is 2.41. The maximum atomic E-state index is 15.8. The summed E-state index contributed by atoms with van der Waals surface area (Å²) in [6.07, 6.45) is 2.17. The molecule has 1 aromatic heterocycles. The van der Waals surface area contributed by atoms with Crippen molar-refractivity contribution in [2.45, 2.75) is 0 Å². The highest BCUT2D eigenvalue weighted by Gasteiger charge is 2.23. The zero-order chi connectivity index (χ0) is 21.5. The van der Waals surface area contributed by atoms with Crippen LogP contribution in [0.1, 0.15) is 0 Å². The number of hydrogen-bond donors (Lipinski definition) is 1. The minimum atomic E-state index is -0.562. The van der Waals surface area contributed by atoms with Crippen molar-refractivity contribution in [2.75, 3.05) is 31.1 Å². The van der Waals surface area contributed by atoms with Crippen molar-refractivity contribution in [3.05, 3.63) is 59.6 Å². The van der Waals surface area contributed by atoms with Gasteiger partial charge in [0.2, 0.25) is 6.41 Å². The smallest absolute Gasteiger partial charge is 0.209 e. The molecule has 0 radical (unpaired) electrons. The highest BCUT2D eigenvalue weighted by molar-refractivity contribution is 6.35. The number of nitrogens with zero attached hydrogens (tertiary/aromatic N) is 4. The Bertz CT molecular complexity index is 1320. The second kappa shape index (κ2) is 7.67. The van der Waals surface area contributed by atoms with E-state index in [2.05, 4.69) is 9.97 Å². The van der Waals surface area contributed by atoms with Gasteiger partial charge < -0.3 is 14.9 Å². The summed E-state index contributed by atoms with van der Waals surface area (Å²) in [6, 6.07) is 12.2. The molecule has 31 heavy (non-hydrogen) atoms. The average Bonchev–Trinajstić information content (AvgIpc) is 2.79. The fourth-order valence-corrected chi connectivity index (χ4v) is 4.45. The number of amides is 1. The minimum absolute atomic E-state index is 0.0284. The van der Waals surface area contributed by atoms with Gasteiger partial charge in [0.15, 0.2) is 5.82 Å². The molecule has 1 fully saturated rings. The van der Waals surface area contributed by atoms with Crippen LogP contribution >= 0.6 is 11.6 Å². The van der Waals surface area contributed by atoms with E-state index in [0.717, 1.165) is 17.2 Å². The van der Waals surface area contributed by atoms with Crippen molar-refractivity contribution in [3.8, 4) is 16.9 Å². The topological polar surface area (TPSA) is 69.6 Å². The number of carbonyl (C=O) groups excluding carboxylic acids is 1. The molecule has 6 nitrogen and oxygen atoms in total. The molecule has 1 aliphatic heterocycles. The average molecular weight is 437 g/mol. The van der Waals surface area contributed by atoms with Gasteiger partial charge in [-0.05, 0) is 34.5 Å². The predicted octanol–water partition coefficient (Wildman–Crippen LogP) is 4.23. The summed E-state index contributed by atoms with van der Waals surface area (Å²) in [5, 5.41) is 12.5. The summed E-state index contributed by atoms with van der Waals surface area (Å²) >= 11 is 6.60. The molecule has 1 aliphatic rings. The van der Waals surface area contributed by atoms with Crippen molar-refractivity contribution >= 4 is 45.5 Å². The van der Waals surface area contributed by atoms with E-state index in [4.69, 9.17) is 11.6 Å². The van der Waals surface area contributed by atoms with Crippen LogP contribution in [0.4, 0.5) is 10.2 Å². The lowest BCUT2D eigenvalue weighted by Gasteiger charge is -2.33. The van der Waals surface area contributed by atoms with Crippen molar-refractivity contribution < 1.29 is 14.3 Å². The molecule has 3 aromatic carbocycles. The van der Waals surface area contributed by atoms with Gasteiger partial charge in [0.1, 0.15) is 23.4 Å². The highest BCUT2D eigenvalue weighted by atomic mass is 35.5. The molecule has 1 amide bonds. The Labute approximate surface area is 182 Å². The van der Waals surface area contributed by atoms with Crippen LogP contribution < -0.4 is 4.90 Å². The van der Waals surface area contributed by atoms with E-state index in [1.807, 2.05) is 29.2 Å². The summed E-state index contributed by atoms with van der Waals surface area (Å²) < 4.78 is 15.8. The number of aromatic nitrogens is 2. The number of carbonyl (C=O) groups is 1. The van der Waals surface area contributed by atoms with Crippen LogP contribution in [0.25, 0.3) is 32.8 Å². The number of anilines is 1. The van der Waals surface area contributed by atoms with Gasteiger partial charge in [0.25, 0.3) is 0 Å². The van der Waals surface area contributed by atoms with Crippen molar-refractivity contribution in [2.24, 2.45) is 0 Å². The number of halogens is 2. The van der Waals surface area contributed by atoms with E-state index < -0.39 is 5.82 Å². The molecule has 0 saturated carbocycles. The number of phenolic OH excluding ortho intramolecular Hbond substituents is 1. The summed E-state index contributed by atoms with van der Waals surface area (Å²) in [7, 11) is 0. The first-order valence-electron chi connectivity index (χ1n) is 9.86. The van der Waals surface area contributed by atoms with Crippen LogP contribution in [0.3, 0.4) is 0 Å². The van der Waals surface area contributed by atoms with Crippen LogP contribution in [-0.2, 0) is 4.79 Å². The number of hydrogen-bond acceptors (Lipinski definition) is 5. The Morgan fingerprint density at radius 1 is 1.03 bits per heavy atom. The molecule has 1 N–H and O–H groups in total. The largest absolute Gasteiger partial charge is 0.508 e. The number of aromatic hydroxyl groups is 1. The minimum Gasteiger partial charge on any atom is -0.508 e. The molecule has 4 aromatic rings. The van der Waals surface area contributed by atoms with Crippen LogP contribution in [-0.4, -0.2) is 52.6 Å². The van der Waals surface area contributed by atoms with Gasteiger partial charge in [-0.1, -0.05) is 35.9 Å². The fourth-order valence-electron chi connectivity index (χ4n) is 4.16. The maximum Gasteiger partial charge on any atom is 0.209 e. The summed E-state index contributed by atoms with van der Waals surface area (Å²) in [5.74, 6) is 0.0535. The van der Waals surface area contributed by atoms with Gasteiger partial charge in [-0.2, -0.15) is 0 Å². The van der Waals surface area contributed by atoms with Crippen molar-refractivity contribution in [1.29, 1.82) is 0 Å². The Morgan fingerprint density at radius 3 is 2.58 bits per heavy atom. The second-order valence-corrected chi connectivity index (χ2v) is 7.89. The summed E-state index contributed by atoms with van der Waals surface area (Å²) in [5.41, 5.74) is 0.853. The van der Waals surface area contributed by atoms with Crippen LogP contribution in [0.2, 0.25) is 5.02 Å². The Kier molecular flexibility index (Phi) is 4.82. The van der Waals surface area contributed by atoms with E-state index in [1.165, 1.54) is 12.4 Å². The molecule has 8 heteroatoms. The van der Waals surface area contributed by atoms with Gasteiger partial charge in [-0.3, -0.25) is 4.79 Å². The fraction of sp³-hybridized carbons (Fsp3) is 0.174. The maximum absolute atomic E-state index is 15.8. The zero-order valence-electron chi connectivity index (χ0n) is 16.4. The number of phenols is 1. The molecular weight excluding hydrogens is 419 g/mol. The molecule has 0 spiro atoms. The lowest BCUT2D eigenvalue weighted by Crippen LogP contribution is -2.46. The van der Waals surface area contributed by atoms with E-state index in [1.54, 1.807) is 17.0 Å². The molecule has 0 atom stereocenters. The third kappa shape index (κ3) is 3.31. The second-order valence-electron chi connectivity index (χ2n) is 7.48. The quantitative estimate of drug-likeness (QED) is 0.487. The number of piperazine rings is 1. The lowest BCUT2D eigenvalue weighted by atomic mass is 9.96. The van der Waals surface area contributed by atoms with Gasteiger partial charge in [-0.15, -0.1) is 0 Å². The Balaban J connectivity index is 1.69. The number of benzene rings is 3. The zero-order valence-corrected chi connectivity index (χ0v) is 17.2. The lowest BCUT2D eigenvalue weighted by molar-refractivity contribution is -0.118. The third-order valence-corrected chi connectivity index (χ3v) is 5.98. The molecule has 0 unspecified atom stereocenters. The first-order valence-corrected chi connectivity index (χ1v) is 10.2. The molecular formula is C23H18ClFN4O2. The van der Waals surface area contributed by atoms with E-state index in [0.29, 0.717) is 42.9 Å². The monoisotopic (exact) mass is 436 g/mol. The molecule has 0 bridgehead atoms. The van der Waals surface area contributed by atoms with Crippen LogP contribution in [0.15, 0.2) is 48.8 Å². The molecule has 1 saturated heterocycles. The summed E-state index contributed by atoms with van der Waals surface area (Å²) in [4.78, 5) is 23.3. The van der Waals surface area contributed by atoms with Crippen LogP contribution in [0, 0.1) is 5.82 Å². The summed E-state index contributed by atoms with van der Waals surface area (Å²) in [6.45, 7) is 2.31. The predicted molar refractivity (Wildman–Crippen MR) is 119 cm³/mol. The molecule has 156 valence electrons. The number of fused-ring (bicyclic) bond motifs is 2. The van der Waals surface area contributed by atoms with Crippen molar-refractivity contribution in [3.63, 3.8) is 0 Å². The number of rotatable bonds is 3. The standard InChI is InChI=1S/C23H18ClFN4O2/c24-19-11-18-22(26-12-27-23(18)29-7-5-28(13-30)6-8-29)21(25)20(19)17-10-15(31)9-14-3-1-2-4-16(14)17/h1-4,9-13,31H,5-8H2. The first kappa shape index (κ1) is 19.5. The normalized spacial score (nSPS) is 14.4. The first-order chi connectivity index (χ1) is 15.1. The molecule has 0 aliphatic carbocycles. The van der Waals surface area contributed by atoms with Crippen molar-refractivity contribution in [1.82, 2.24) is 14.9 Å². The molecule has 5 rings (SSSR count). The van der Waals surface area contributed by atoms with Gasteiger partial charge in [0.05, 0.1) is 5.02 Å². The van der Waals surface area contributed by atoms with E-state index in [-0.39, 0.29) is 21.9 Å². The van der Waals surface area contributed by atoms with Gasteiger partial charge >= 0.3 is 0 Å². The SMILES string of the molecule is O=CN1CCN(c2ncnc3c(F)c(-c4cc(O)cc5ccccc45)c(Cl)cc23)CC1. The van der Waals surface area contributed by atoms with Crippen LogP contribution in [0.5, 0.6) is 5.75 Å². The van der Waals surface area contributed by atoms with E-state index >= 15 is 4.39 Å². The Morgan fingerprint density at radius 2 is 1.81 bits per heavy atom. The van der Waals surface area contributed by atoms with Gasteiger partial charge in [-0.25, -0.2) is 14.4 Å². The third-order valence-electron chi connectivity index (χ3n) is 5.68. The van der Waals surface area contributed by atoms with E-state index in [9.17, 15) is 9.90 Å². The molecule has 2 heterocycles. The Hall–Kier alpha value is -3.45.